The third-order valence-electron chi connectivity index (χ3n) is 4.96. The van der Waals surface area contributed by atoms with Crippen LogP contribution in [0, 0.1) is 0 Å². The number of aromatic nitrogens is 1. The molecule has 2 aromatic rings. The summed E-state index contributed by atoms with van der Waals surface area (Å²) < 4.78 is 3.59. The van der Waals surface area contributed by atoms with Crippen molar-refractivity contribution < 1.29 is 4.57 Å². The van der Waals surface area contributed by atoms with Crippen LogP contribution in [-0.4, -0.2) is 17.5 Å². The van der Waals surface area contributed by atoms with E-state index in [2.05, 4.69) is 91.2 Å². The Kier molecular flexibility index (Phi) is 3.89. The molecule has 2 aliphatic rings. The Morgan fingerprint density at radius 2 is 2.12 bits per heavy atom. The Bertz CT molecular complexity index is 917. The first-order chi connectivity index (χ1) is 11.6. The lowest BCUT2D eigenvalue weighted by atomic mass is 9.92. The Balaban J connectivity index is 1.61. The van der Waals surface area contributed by atoms with E-state index in [-0.39, 0.29) is 5.54 Å². The molecule has 1 atom stereocenters. The second-order valence-electron chi connectivity index (χ2n) is 6.43. The van der Waals surface area contributed by atoms with Gasteiger partial charge in [0, 0.05) is 24.1 Å². The topological polar surface area (TPSA) is 7.12 Å². The van der Waals surface area contributed by atoms with Crippen molar-refractivity contribution in [3.05, 3.63) is 69.6 Å². The first-order valence-electron chi connectivity index (χ1n) is 8.14. The van der Waals surface area contributed by atoms with E-state index in [9.17, 15) is 0 Å². The Morgan fingerprint density at radius 3 is 2.92 bits per heavy atom. The predicted molar refractivity (Wildman–Crippen MR) is 106 cm³/mol. The lowest BCUT2D eigenvalue weighted by Gasteiger charge is -2.34. The van der Waals surface area contributed by atoms with E-state index in [1.807, 2.05) is 23.1 Å². The highest BCUT2D eigenvalue weighted by Crippen LogP contribution is 2.50. The van der Waals surface area contributed by atoms with Gasteiger partial charge < -0.3 is 4.90 Å². The van der Waals surface area contributed by atoms with E-state index in [0.29, 0.717) is 0 Å². The highest BCUT2D eigenvalue weighted by Gasteiger charge is 2.41. The molecule has 1 fully saturated rings. The maximum atomic E-state index is 2.41. The van der Waals surface area contributed by atoms with Gasteiger partial charge in [0.2, 0.25) is 5.52 Å². The summed E-state index contributed by atoms with van der Waals surface area (Å²) in [6.07, 6.45) is 14.4. The Morgan fingerprint density at radius 1 is 1.29 bits per heavy atom. The summed E-state index contributed by atoms with van der Waals surface area (Å²) in [4.78, 5) is 3.85. The van der Waals surface area contributed by atoms with Crippen LogP contribution in [0.15, 0.2) is 64.6 Å². The van der Waals surface area contributed by atoms with Crippen LogP contribution in [0.4, 0.5) is 0 Å². The fourth-order valence-corrected chi connectivity index (χ4v) is 5.59. The fraction of sp³-hybridized carbons (Fsp3) is 0.250. The number of rotatable bonds is 2. The summed E-state index contributed by atoms with van der Waals surface area (Å²) in [5.41, 5.74) is 1.42. The third kappa shape index (κ3) is 2.45. The number of likely N-dealkylation sites (N-methyl/N-ethyl adjacent to an activating group) is 1. The van der Waals surface area contributed by atoms with E-state index < -0.39 is 0 Å². The number of allylic oxidation sites excluding steroid dienone is 4. The van der Waals surface area contributed by atoms with Gasteiger partial charge in [0.05, 0.1) is 10.6 Å². The molecule has 4 heteroatoms. The summed E-state index contributed by atoms with van der Waals surface area (Å²) in [6, 6.07) is 8.55. The molecule has 1 aromatic heterocycles. The van der Waals surface area contributed by atoms with Crippen molar-refractivity contribution in [3.8, 4) is 0 Å². The molecule has 2 heterocycles. The lowest BCUT2D eigenvalue weighted by Crippen LogP contribution is -2.38. The van der Waals surface area contributed by atoms with Crippen molar-refractivity contribution in [2.24, 2.45) is 7.05 Å². The molecule has 122 valence electrons. The van der Waals surface area contributed by atoms with E-state index >= 15 is 0 Å². The zero-order chi connectivity index (χ0) is 16.7. The minimum absolute atomic E-state index is 0.126. The molecule has 0 bridgehead atoms. The maximum absolute atomic E-state index is 2.41. The van der Waals surface area contributed by atoms with Crippen molar-refractivity contribution in [2.45, 2.75) is 18.9 Å². The van der Waals surface area contributed by atoms with E-state index in [1.54, 1.807) is 0 Å². The molecule has 1 aromatic carbocycles. The van der Waals surface area contributed by atoms with Crippen LogP contribution in [0.1, 0.15) is 18.4 Å². The van der Waals surface area contributed by atoms with Gasteiger partial charge in [-0.1, -0.05) is 59.5 Å². The molecule has 0 amide bonds. The SMILES string of the molecule is CN1C(=CC=Cc2sc3ccccc3[n+]2C)SC2=CC=CCC21C. The Hall–Kier alpha value is -1.78. The smallest absolute Gasteiger partial charge is 0.262 e. The first-order valence-corrected chi connectivity index (χ1v) is 9.78. The standard InChI is InChI=1S/C20H21N2S2/c1-20-14-7-6-11-17(20)24-19(22(20)3)13-8-12-18-21(2)15-9-4-5-10-16(15)23-18/h4-13H,14H2,1-3H3/q+1. The van der Waals surface area contributed by atoms with Gasteiger partial charge >= 0.3 is 0 Å². The molecule has 2 nitrogen and oxygen atoms in total. The largest absolute Gasteiger partial charge is 0.359 e. The second-order valence-corrected chi connectivity index (χ2v) is 8.55. The number of aryl methyl sites for hydroxylation is 1. The average molecular weight is 354 g/mol. The zero-order valence-electron chi connectivity index (χ0n) is 14.2. The van der Waals surface area contributed by atoms with Crippen LogP contribution < -0.4 is 4.57 Å². The van der Waals surface area contributed by atoms with Crippen LogP contribution in [0.2, 0.25) is 0 Å². The molecular weight excluding hydrogens is 332 g/mol. The Labute approximate surface area is 151 Å². The molecule has 1 saturated heterocycles. The summed E-state index contributed by atoms with van der Waals surface area (Å²) >= 11 is 3.72. The van der Waals surface area contributed by atoms with Gasteiger partial charge in [-0.2, -0.15) is 4.57 Å². The minimum atomic E-state index is 0.126. The molecule has 24 heavy (non-hydrogen) atoms. The van der Waals surface area contributed by atoms with Crippen LogP contribution >= 0.6 is 23.1 Å². The van der Waals surface area contributed by atoms with E-state index in [4.69, 9.17) is 0 Å². The molecule has 1 unspecified atom stereocenters. The predicted octanol–water partition coefficient (Wildman–Crippen LogP) is 4.86. The van der Waals surface area contributed by atoms with Crippen molar-refractivity contribution in [1.29, 1.82) is 0 Å². The van der Waals surface area contributed by atoms with Gasteiger partial charge in [0.15, 0.2) is 0 Å². The van der Waals surface area contributed by atoms with Gasteiger partial charge in [-0.25, -0.2) is 0 Å². The highest BCUT2D eigenvalue weighted by atomic mass is 32.2. The average Bonchev–Trinajstić information content (AvgIpc) is 3.04. The normalized spacial score (nSPS) is 25.0. The van der Waals surface area contributed by atoms with Crippen molar-refractivity contribution >= 4 is 39.4 Å². The number of para-hydroxylation sites is 1. The molecule has 4 rings (SSSR count). The minimum Gasteiger partial charge on any atom is -0.359 e. The van der Waals surface area contributed by atoms with Crippen molar-refractivity contribution in [2.75, 3.05) is 7.05 Å². The van der Waals surface area contributed by atoms with Crippen molar-refractivity contribution in [3.63, 3.8) is 0 Å². The highest BCUT2D eigenvalue weighted by molar-refractivity contribution is 8.07. The van der Waals surface area contributed by atoms with Gasteiger partial charge in [-0.05, 0) is 25.5 Å². The number of benzene rings is 1. The summed E-state index contributed by atoms with van der Waals surface area (Å²) in [5, 5.41) is 2.58. The molecule has 0 spiro atoms. The van der Waals surface area contributed by atoms with Gasteiger partial charge in [0.1, 0.15) is 11.7 Å². The molecule has 0 N–H and O–H groups in total. The van der Waals surface area contributed by atoms with Crippen molar-refractivity contribution in [1.82, 2.24) is 4.90 Å². The van der Waals surface area contributed by atoms with E-state index in [0.717, 1.165) is 6.42 Å². The maximum Gasteiger partial charge on any atom is 0.262 e. The summed E-state index contributed by atoms with van der Waals surface area (Å²) in [5.74, 6) is 0. The molecule has 1 aliphatic carbocycles. The van der Waals surface area contributed by atoms with Crippen LogP contribution in [-0.2, 0) is 7.05 Å². The lowest BCUT2D eigenvalue weighted by molar-refractivity contribution is -0.642. The van der Waals surface area contributed by atoms with Crippen LogP contribution in [0.25, 0.3) is 16.3 Å². The van der Waals surface area contributed by atoms with Gasteiger partial charge in [-0.3, -0.25) is 0 Å². The van der Waals surface area contributed by atoms with Crippen LogP contribution in [0.5, 0.6) is 0 Å². The quantitative estimate of drug-likeness (QED) is 0.712. The van der Waals surface area contributed by atoms with Gasteiger partial charge in [0.25, 0.3) is 5.01 Å². The molecule has 0 saturated carbocycles. The number of thioether (sulfide) groups is 1. The number of hydrogen-bond acceptors (Lipinski definition) is 3. The number of nitrogens with zero attached hydrogens (tertiary/aromatic N) is 2. The second kappa shape index (κ2) is 5.94. The summed E-state index contributed by atoms with van der Waals surface area (Å²) in [6.45, 7) is 2.33. The third-order valence-corrected chi connectivity index (χ3v) is 7.56. The number of fused-ring (bicyclic) bond motifs is 2. The number of thiazole rings is 1. The van der Waals surface area contributed by atoms with E-state index in [1.165, 1.54) is 25.2 Å². The molecular formula is C20H21N2S2+. The van der Waals surface area contributed by atoms with Gasteiger partial charge in [-0.15, -0.1) is 0 Å². The zero-order valence-corrected chi connectivity index (χ0v) is 15.8. The van der Waals surface area contributed by atoms with Crippen LogP contribution in [0.3, 0.4) is 0 Å². The first kappa shape index (κ1) is 15.7. The number of hydrogen-bond donors (Lipinski definition) is 0. The molecule has 1 aliphatic heterocycles. The monoisotopic (exact) mass is 353 g/mol. The summed E-state index contributed by atoms with van der Waals surface area (Å²) in [7, 11) is 4.33. The molecule has 0 radical (unpaired) electrons. The fourth-order valence-electron chi connectivity index (χ4n) is 3.23.